The van der Waals surface area contributed by atoms with E-state index in [1.807, 2.05) is 72.8 Å². The Balaban J connectivity index is 2.05. The van der Waals surface area contributed by atoms with E-state index in [-0.39, 0.29) is 13.2 Å². The van der Waals surface area contributed by atoms with Crippen LogP contribution in [0.4, 0.5) is 0 Å². The molecule has 0 aromatic heterocycles. The first-order valence-corrected chi connectivity index (χ1v) is 11.8. The van der Waals surface area contributed by atoms with Crippen molar-refractivity contribution in [2.75, 3.05) is 13.2 Å². The number of carbonyl (C=O) groups is 2. The Labute approximate surface area is 210 Å². The standard InChI is InChI=1S/C30H25ClO4/c1-3-34-29(32)27-19-26(25-17-22(31)15-16-23(25)20-11-7-5-8-12-20)28(30(33)35-4-2)18-24(27)21-13-9-6-10-14-21/h5-19H,3-4H2,1-2H3. The van der Waals surface area contributed by atoms with E-state index in [2.05, 4.69) is 0 Å². The lowest BCUT2D eigenvalue weighted by Crippen LogP contribution is -2.12. The molecule has 0 aliphatic heterocycles. The van der Waals surface area contributed by atoms with Crippen LogP contribution in [-0.4, -0.2) is 25.2 Å². The van der Waals surface area contributed by atoms with E-state index < -0.39 is 11.9 Å². The van der Waals surface area contributed by atoms with Gasteiger partial charge in [0.25, 0.3) is 0 Å². The minimum atomic E-state index is -0.478. The van der Waals surface area contributed by atoms with Gasteiger partial charge in [0, 0.05) is 5.02 Å². The first-order chi connectivity index (χ1) is 17.0. The summed E-state index contributed by atoms with van der Waals surface area (Å²) in [6.07, 6.45) is 0. The second-order valence-electron chi connectivity index (χ2n) is 7.81. The van der Waals surface area contributed by atoms with Crippen molar-refractivity contribution in [2.24, 2.45) is 0 Å². The molecule has 4 aromatic carbocycles. The van der Waals surface area contributed by atoms with Gasteiger partial charge in [-0.25, -0.2) is 9.59 Å². The van der Waals surface area contributed by atoms with Crippen LogP contribution in [0.15, 0.2) is 91.0 Å². The van der Waals surface area contributed by atoms with E-state index in [0.717, 1.165) is 22.3 Å². The largest absolute Gasteiger partial charge is 0.462 e. The molecule has 0 fully saturated rings. The normalized spacial score (nSPS) is 10.6. The van der Waals surface area contributed by atoms with Crippen molar-refractivity contribution >= 4 is 23.5 Å². The van der Waals surface area contributed by atoms with Crippen LogP contribution in [0.3, 0.4) is 0 Å². The molecule has 4 nitrogen and oxygen atoms in total. The number of benzene rings is 4. The maximum absolute atomic E-state index is 13.2. The Morgan fingerprint density at radius 3 is 1.63 bits per heavy atom. The summed E-state index contributed by atoms with van der Waals surface area (Å²) in [7, 11) is 0. The Kier molecular flexibility index (Phi) is 7.64. The molecular weight excluding hydrogens is 460 g/mol. The summed E-state index contributed by atoms with van der Waals surface area (Å²) in [5, 5.41) is 0.513. The molecule has 0 aliphatic rings. The zero-order chi connectivity index (χ0) is 24.8. The van der Waals surface area contributed by atoms with E-state index in [4.69, 9.17) is 21.1 Å². The third kappa shape index (κ3) is 5.28. The van der Waals surface area contributed by atoms with E-state index in [9.17, 15) is 9.59 Å². The fourth-order valence-electron chi connectivity index (χ4n) is 4.04. The number of halogens is 1. The minimum Gasteiger partial charge on any atom is -0.462 e. The van der Waals surface area contributed by atoms with E-state index in [0.29, 0.717) is 27.3 Å². The van der Waals surface area contributed by atoms with Gasteiger partial charge < -0.3 is 9.47 Å². The molecule has 0 aliphatic carbocycles. The lowest BCUT2D eigenvalue weighted by atomic mass is 9.87. The van der Waals surface area contributed by atoms with Crippen LogP contribution in [0.2, 0.25) is 5.02 Å². The molecule has 4 rings (SSSR count). The zero-order valence-corrected chi connectivity index (χ0v) is 20.3. The molecule has 35 heavy (non-hydrogen) atoms. The van der Waals surface area contributed by atoms with Gasteiger partial charge in [-0.2, -0.15) is 0 Å². The molecule has 0 N–H and O–H groups in total. The van der Waals surface area contributed by atoms with Crippen LogP contribution in [0.5, 0.6) is 0 Å². The first kappa shape index (κ1) is 24.2. The fourth-order valence-corrected chi connectivity index (χ4v) is 4.22. The monoisotopic (exact) mass is 484 g/mol. The SMILES string of the molecule is CCOC(=O)c1cc(-c2cc(Cl)ccc2-c2ccccc2)c(C(=O)OCC)cc1-c1ccccc1. The molecule has 0 bridgehead atoms. The summed E-state index contributed by atoms with van der Waals surface area (Å²) in [5.41, 5.74) is 5.20. The average molecular weight is 485 g/mol. The third-order valence-electron chi connectivity index (χ3n) is 5.59. The van der Waals surface area contributed by atoms with Crippen LogP contribution >= 0.6 is 11.6 Å². The molecule has 0 unspecified atom stereocenters. The molecule has 0 amide bonds. The van der Waals surface area contributed by atoms with Crippen LogP contribution < -0.4 is 0 Å². The van der Waals surface area contributed by atoms with Gasteiger partial charge in [0.2, 0.25) is 0 Å². The van der Waals surface area contributed by atoms with Crippen LogP contribution in [-0.2, 0) is 9.47 Å². The third-order valence-corrected chi connectivity index (χ3v) is 5.82. The lowest BCUT2D eigenvalue weighted by Gasteiger charge is -2.18. The Bertz CT molecular complexity index is 1350. The number of hydrogen-bond acceptors (Lipinski definition) is 4. The highest BCUT2D eigenvalue weighted by Gasteiger charge is 2.24. The summed E-state index contributed by atoms with van der Waals surface area (Å²) < 4.78 is 10.8. The second kappa shape index (κ2) is 11.0. The van der Waals surface area contributed by atoms with Gasteiger partial charge in [0.15, 0.2) is 0 Å². The molecule has 5 heteroatoms. The predicted molar refractivity (Wildman–Crippen MR) is 140 cm³/mol. The molecule has 0 heterocycles. The Morgan fingerprint density at radius 2 is 1.09 bits per heavy atom. The van der Waals surface area contributed by atoms with Crippen molar-refractivity contribution in [3.8, 4) is 33.4 Å². The lowest BCUT2D eigenvalue weighted by molar-refractivity contribution is 0.0513. The highest BCUT2D eigenvalue weighted by atomic mass is 35.5. The minimum absolute atomic E-state index is 0.222. The number of hydrogen-bond donors (Lipinski definition) is 0. The molecular formula is C30H25ClO4. The van der Waals surface area contributed by atoms with Crippen LogP contribution in [0.25, 0.3) is 33.4 Å². The van der Waals surface area contributed by atoms with Crippen molar-refractivity contribution in [1.29, 1.82) is 0 Å². The van der Waals surface area contributed by atoms with Crippen molar-refractivity contribution in [1.82, 2.24) is 0 Å². The molecule has 0 saturated heterocycles. The van der Waals surface area contributed by atoms with Gasteiger partial charge in [0.05, 0.1) is 24.3 Å². The fraction of sp³-hybridized carbons (Fsp3) is 0.133. The summed E-state index contributed by atoms with van der Waals surface area (Å²) in [5.74, 6) is -0.944. The summed E-state index contributed by atoms with van der Waals surface area (Å²) in [6, 6.07) is 28.2. The topological polar surface area (TPSA) is 52.6 Å². The number of rotatable bonds is 7. The van der Waals surface area contributed by atoms with Gasteiger partial charge in [-0.1, -0.05) is 78.3 Å². The second-order valence-corrected chi connectivity index (χ2v) is 8.24. The van der Waals surface area contributed by atoms with Gasteiger partial charge >= 0.3 is 11.9 Å². The molecule has 176 valence electrons. The van der Waals surface area contributed by atoms with Gasteiger partial charge in [-0.3, -0.25) is 0 Å². The quantitative estimate of drug-likeness (QED) is 0.252. The summed E-state index contributed by atoms with van der Waals surface area (Å²) in [6.45, 7) is 3.98. The maximum atomic E-state index is 13.2. The summed E-state index contributed by atoms with van der Waals surface area (Å²) in [4.78, 5) is 26.3. The van der Waals surface area contributed by atoms with E-state index in [1.54, 1.807) is 32.0 Å². The predicted octanol–water partition coefficient (Wildman–Crippen LogP) is 7.69. The average Bonchev–Trinajstić information content (AvgIpc) is 2.89. The van der Waals surface area contributed by atoms with Gasteiger partial charge in [-0.15, -0.1) is 0 Å². The maximum Gasteiger partial charge on any atom is 0.338 e. The van der Waals surface area contributed by atoms with Crippen molar-refractivity contribution < 1.29 is 19.1 Å². The number of esters is 2. The van der Waals surface area contributed by atoms with Crippen molar-refractivity contribution in [2.45, 2.75) is 13.8 Å². The van der Waals surface area contributed by atoms with Gasteiger partial charge in [0.1, 0.15) is 0 Å². The van der Waals surface area contributed by atoms with Crippen molar-refractivity contribution in [3.63, 3.8) is 0 Å². The Morgan fingerprint density at radius 1 is 0.600 bits per heavy atom. The molecule has 0 radical (unpaired) electrons. The van der Waals surface area contributed by atoms with Gasteiger partial charge in [-0.05, 0) is 71.5 Å². The van der Waals surface area contributed by atoms with E-state index >= 15 is 0 Å². The highest BCUT2D eigenvalue weighted by Crippen LogP contribution is 2.39. The molecule has 0 atom stereocenters. The highest BCUT2D eigenvalue weighted by molar-refractivity contribution is 6.31. The smallest absolute Gasteiger partial charge is 0.338 e. The summed E-state index contributed by atoms with van der Waals surface area (Å²) >= 11 is 6.42. The molecule has 4 aromatic rings. The van der Waals surface area contributed by atoms with E-state index in [1.165, 1.54) is 0 Å². The molecule has 0 saturated carbocycles. The Hall–Kier alpha value is -3.89. The molecule has 0 spiro atoms. The first-order valence-electron chi connectivity index (χ1n) is 11.5. The van der Waals surface area contributed by atoms with Crippen molar-refractivity contribution in [3.05, 3.63) is 107 Å². The van der Waals surface area contributed by atoms with Crippen LogP contribution in [0, 0.1) is 0 Å². The number of ether oxygens (including phenoxy) is 2. The number of carbonyl (C=O) groups excluding carboxylic acids is 2. The zero-order valence-electron chi connectivity index (χ0n) is 19.6. The van der Waals surface area contributed by atoms with Crippen LogP contribution in [0.1, 0.15) is 34.6 Å².